The number of ether oxygens (including phenoxy) is 4. The number of para-hydroxylation sites is 1. The molecule has 5 aliphatic rings. The molecule has 256 valence electrons. The highest BCUT2D eigenvalue weighted by Gasteiger charge is 2.86. The van der Waals surface area contributed by atoms with Crippen LogP contribution in [0.4, 0.5) is 5.69 Å². The molecule has 5 unspecified atom stereocenters. The van der Waals surface area contributed by atoms with Crippen LogP contribution in [0.2, 0.25) is 0 Å². The molecule has 1 aromatic rings. The van der Waals surface area contributed by atoms with Gasteiger partial charge in [0, 0.05) is 51.9 Å². The molecule has 3 saturated carbocycles. The van der Waals surface area contributed by atoms with Gasteiger partial charge in [-0.05, 0) is 58.2 Å². The number of nitrogens with zero attached hydrogens (tertiary/aromatic N) is 1. The molecule has 6 rings (SSSR count). The van der Waals surface area contributed by atoms with Crippen LogP contribution in [0.15, 0.2) is 24.3 Å². The second-order valence-corrected chi connectivity index (χ2v) is 14.5. The first-order valence-electron chi connectivity index (χ1n) is 17.1. The lowest BCUT2D eigenvalue weighted by Gasteiger charge is -2.67. The van der Waals surface area contributed by atoms with Crippen molar-refractivity contribution in [3.8, 4) is 0 Å². The molecule has 11 nitrogen and oxygen atoms in total. The molecule has 1 spiro atoms. The topological polar surface area (TPSA) is 139 Å². The molecule has 46 heavy (non-hydrogen) atoms. The average Bonchev–Trinajstić information content (AvgIpc) is 3.52. The SMILES string of the molecule is CCCCCCC(=O)Nc1ccccc1C(=O)OC1(C)CC[C@H](OC)C23C1CC(N2NC)[C@@]1(O)C[C@H](OC)[C@H]2CC3[C@]1(O)[C@H]2OC. The van der Waals surface area contributed by atoms with Gasteiger partial charge < -0.3 is 34.5 Å². The lowest BCUT2D eigenvalue weighted by Crippen LogP contribution is -2.85. The van der Waals surface area contributed by atoms with Crippen LogP contribution in [0.1, 0.15) is 88.4 Å². The Balaban J connectivity index is 1.35. The van der Waals surface area contributed by atoms with Gasteiger partial charge in [0.1, 0.15) is 16.8 Å². The minimum absolute atomic E-state index is 0.121. The molecule has 11 atom stereocenters. The number of piperidine rings is 1. The predicted octanol–water partition coefficient (Wildman–Crippen LogP) is 3.43. The number of esters is 1. The first-order chi connectivity index (χ1) is 22.0. The first kappa shape index (κ1) is 33.8. The summed E-state index contributed by atoms with van der Waals surface area (Å²) in [5.74, 6) is -1.50. The number of anilines is 1. The van der Waals surface area contributed by atoms with Crippen molar-refractivity contribution in [3.63, 3.8) is 0 Å². The average molecular weight is 644 g/mol. The minimum Gasteiger partial charge on any atom is -0.455 e. The Morgan fingerprint density at radius 3 is 2.46 bits per heavy atom. The summed E-state index contributed by atoms with van der Waals surface area (Å²) in [4.78, 5) is 26.9. The van der Waals surface area contributed by atoms with Gasteiger partial charge in [-0.2, -0.15) is 0 Å². The molecule has 11 heteroatoms. The van der Waals surface area contributed by atoms with E-state index in [1.807, 2.05) is 14.0 Å². The zero-order chi connectivity index (χ0) is 33.1. The van der Waals surface area contributed by atoms with E-state index in [1.165, 1.54) is 0 Å². The van der Waals surface area contributed by atoms with Crippen LogP contribution >= 0.6 is 0 Å². The smallest absolute Gasteiger partial charge is 0.340 e. The predicted molar refractivity (Wildman–Crippen MR) is 171 cm³/mol. The number of carbonyl (C=O) groups is 2. The number of nitrogens with one attached hydrogen (secondary N) is 2. The van der Waals surface area contributed by atoms with Crippen LogP contribution < -0.4 is 10.7 Å². The summed E-state index contributed by atoms with van der Waals surface area (Å²) in [6.45, 7) is 4.11. The molecule has 4 bridgehead atoms. The Bertz CT molecular complexity index is 1310. The number of aliphatic hydroxyl groups is 2. The van der Waals surface area contributed by atoms with Gasteiger partial charge in [-0.25, -0.2) is 9.80 Å². The molecule has 1 amide bonds. The summed E-state index contributed by atoms with van der Waals surface area (Å²) in [6.07, 6.45) is 5.58. The third-order valence-corrected chi connectivity index (χ3v) is 12.6. The number of rotatable bonds is 12. The fourth-order valence-corrected chi connectivity index (χ4v) is 10.9. The van der Waals surface area contributed by atoms with Crippen LogP contribution in [0, 0.1) is 17.8 Å². The van der Waals surface area contributed by atoms with E-state index in [0.29, 0.717) is 43.4 Å². The van der Waals surface area contributed by atoms with Gasteiger partial charge in [-0.15, -0.1) is 0 Å². The Labute approximate surface area is 272 Å². The molecule has 2 heterocycles. The van der Waals surface area contributed by atoms with Gasteiger partial charge in [0.2, 0.25) is 5.91 Å². The van der Waals surface area contributed by atoms with Crippen molar-refractivity contribution in [3.05, 3.63) is 29.8 Å². The quantitative estimate of drug-likeness (QED) is 0.198. The fourth-order valence-electron chi connectivity index (χ4n) is 10.9. The number of hydrogen-bond donors (Lipinski definition) is 4. The van der Waals surface area contributed by atoms with E-state index in [2.05, 4.69) is 22.7 Å². The van der Waals surface area contributed by atoms with E-state index in [4.69, 9.17) is 18.9 Å². The number of fused-ring (bicyclic) bond motifs is 3. The maximum atomic E-state index is 14.1. The summed E-state index contributed by atoms with van der Waals surface area (Å²) < 4.78 is 24.8. The fraction of sp³-hybridized carbons (Fsp3) is 0.771. The Morgan fingerprint density at radius 1 is 1.02 bits per heavy atom. The third kappa shape index (κ3) is 4.56. The van der Waals surface area contributed by atoms with Gasteiger partial charge in [-0.1, -0.05) is 38.3 Å². The Kier molecular flexibility index (Phi) is 9.10. The lowest BCUT2D eigenvalue weighted by atomic mass is 9.54. The number of hydrogen-bond acceptors (Lipinski definition) is 10. The summed E-state index contributed by atoms with van der Waals surface area (Å²) in [6, 6.07) is 6.47. The molecule has 0 radical (unpaired) electrons. The third-order valence-electron chi connectivity index (χ3n) is 12.6. The van der Waals surface area contributed by atoms with Crippen molar-refractivity contribution in [1.82, 2.24) is 10.4 Å². The summed E-state index contributed by atoms with van der Waals surface area (Å²) in [5.41, 5.74) is -0.724. The van der Waals surface area contributed by atoms with Crippen LogP contribution in [-0.4, -0.2) is 102 Å². The van der Waals surface area contributed by atoms with E-state index in [-0.39, 0.29) is 36.4 Å². The van der Waals surface area contributed by atoms with Crippen LogP contribution in [0.25, 0.3) is 0 Å². The van der Waals surface area contributed by atoms with Crippen molar-refractivity contribution in [2.45, 2.75) is 125 Å². The molecule has 2 aliphatic heterocycles. The molecule has 5 fully saturated rings. The van der Waals surface area contributed by atoms with Crippen molar-refractivity contribution < 1.29 is 38.7 Å². The van der Waals surface area contributed by atoms with E-state index in [0.717, 1.165) is 25.7 Å². The van der Waals surface area contributed by atoms with Crippen LogP contribution in [0.3, 0.4) is 0 Å². The maximum absolute atomic E-state index is 14.1. The first-order valence-corrected chi connectivity index (χ1v) is 17.1. The van der Waals surface area contributed by atoms with Gasteiger partial charge in [0.05, 0.1) is 41.1 Å². The van der Waals surface area contributed by atoms with Gasteiger partial charge >= 0.3 is 5.97 Å². The van der Waals surface area contributed by atoms with E-state index >= 15 is 0 Å². The highest BCUT2D eigenvalue weighted by atomic mass is 16.6. The lowest BCUT2D eigenvalue weighted by molar-refractivity contribution is -0.328. The van der Waals surface area contributed by atoms with Crippen molar-refractivity contribution in [1.29, 1.82) is 0 Å². The van der Waals surface area contributed by atoms with Gasteiger partial charge in [-0.3, -0.25) is 10.2 Å². The zero-order valence-electron chi connectivity index (χ0n) is 28.2. The summed E-state index contributed by atoms with van der Waals surface area (Å²) in [7, 11) is 6.80. The van der Waals surface area contributed by atoms with Gasteiger partial charge in [0.25, 0.3) is 0 Å². The standard InChI is InChI=1S/C35H53N3O8/c1-7-8-9-10-15-29(39)37-23-14-12-11-13-21(23)31(40)46-32(2)17-16-28(44-5)34-25(32)19-27(38(34)36-3)33(41)20-24(43-4)22-18-26(34)35(33,42)30(22)45-6/h11-14,22,24-28,30,36,41-42H,7-10,15-20H2,1-6H3,(H,37,39)/t22-,24+,25?,26?,27?,28+,30+,32?,33+,34?,35+/m1/s1. The largest absolute Gasteiger partial charge is 0.455 e. The Hall–Kier alpha value is -2.12. The van der Waals surface area contributed by atoms with E-state index in [1.54, 1.807) is 45.6 Å². The molecule has 3 aliphatic carbocycles. The Morgan fingerprint density at radius 2 is 1.78 bits per heavy atom. The highest BCUT2D eigenvalue weighted by Crippen LogP contribution is 2.72. The van der Waals surface area contributed by atoms with E-state index < -0.39 is 46.4 Å². The normalized spacial score (nSPS) is 42.5. The molecule has 1 aromatic carbocycles. The monoisotopic (exact) mass is 643 g/mol. The van der Waals surface area contributed by atoms with Gasteiger partial charge in [0.15, 0.2) is 0 Å². The number of hydrazine groups is 1. The second kappa shape index (κ2) is 12.4. The summed E-state index contributed by atoms with van der Waals surface area (Å²) in [5, 5.41) is 30.6. The molecule has 2 saturated heterocycles. The van der Waals surface area contributed by atoms with Crippen LogP contribution in [-0.2, 0) is 23.7 Å². The number of carbonyl (C=O) groups excluding carboxylic acids is 2. The second-order valence-electron chi connectivity index (χ2n) is 14.5. The molecular weight excluding hydrogens is 590 g/mol. The minimum atomic E-state index is -1.55. The molecule has 0 aromatic heterocycles. The van der Waals surface area contributed by atoms with Crippen molar-refractivity contribution in [2.24, 2.45) is 17.8 Å². The van der Waals surface area contributed by atoms with Crippen molar-refractivity contribution in [2.75, 3.05) is 33.7 Å². The van der Waals surface area contributed by atoms with Crippen molar-refractivity contribution >= 4 is 17.6 Å². The molecular formula is C35H53N3O8. The summed E-state index contributed by atoms with van der Waals surface area (Å²) >= 11 is 0. The number of benzene rings is 1. The number of unbranched alkanes of at least 4 members (excludes halogenated alkanes) is 3. The highest BCUT2D eigenvalue weighted by molar-refractivity contribution is 6.01. The molecule has 4 N–H and O–H groups in total. The van der Waals surface area contributed by atoms with Crippen LogP contribution in [0.5, 0.6) is 0 Å². The maximum Gasteiger partial charge on any atom is 0.340 e. The number of amides is 1. The zero-order valence-corrected chi connectivity index (χ0v) is 28.2. The van der Waals surface area contributed by atoms with E-state index in [9.17, 15) is 19.8 Å². The number of methoxy groups -OCH3 is 3.